The zero-order valence-corrected chi connectivity index (χ0v) is 15.3. The summed E-state index contributed by atoms with van der Waals surface area (Å²) >= 11 is 6.06. The molecule has 0 saturated carbocycles. The molecular weight excluding hydrogens is 324 g/mol. The molecule has 1 aliphatic heterocycles. The molecule has 0 aromatic carbocycles. The predicted molar refractivity (Wildman–Crippen MR) is 98.4 cm³/mol. The number of pyridine rings is 2. The molecule has 2 aromatic heterocycles. The fraction of sp³-hybridized carbons (Fsp3) is 0.556. The van der Waals surface area contributed by atoms with Gasteiger partial charge in [-0.25, -0.2) is 4.98 Å². The summed E-state index contributed by atoms with van der Waals surface area (Å²) in [6.07, 6.45) is 3.84. The van der Waals surface area contributed by atoms with Crippen LogP contribution in [0.25, 0.3) is 11.0 Å². The van der Waals surface area contributed by atoms with Gasteiger partial charge in [-0.3, -0.25) is 9.88 Å². The maximum Gasteiger partial charge on any atom is 0.130 e. The molecule has 0 amide bonds. The van der Waals surface area contributed by atoms with Crippen LogP contribution >= 0.6 is 11.6 Å². The van der Waals surface area contributed by atoms with Crippen LogP contribution < -0.4 is 5.32 Å². The number of rotatable bonds is 3. The fourth-order valence-corrected chi connectivity index (χ4v) is 3.41. The Bertz CT molecular complexity index is 721. The summed E-state index contributed by atoms with van der Waals surface area (Å²) in [6.45, 7) is 8.83. The number of nitrogens with zero attached hydrogens (tertiary/aromatic N) is 3. The highest BCUT2D eigenvalue weighted by Crippen LogP contribution is 2.29. The number of piperidine rings is 1. The minimum Gasteiger partial charge on any atom is -0.392 e. The van der Waals surface area contributed by atoms with Crippen molar-refractivity contribution in [2.75, 3.05) is 18.4 Å². The van der Waals surface area contributed by atoms with Crippen molar-refractivity contribution in [1.29, 1.82) is 0 Å². The fourth-order valence-electron chi connectivity index (χ4n) is 3.26. The highest BCUT2D eigenvalue weighted by atomic mass is 35.5. The molecule has 6 heteroatoms. The van der Waals surface area contributed by atoms with Gasteiger partial charge in [-0.05, 0) is 45.7 Å². The first kappa shape index (κ1) is 17.4. The quantitative estimate of drug-likeness (QED) is 0.832. The molecule has 0 spiro atoms. The van der Waals surface area contributed by atoms with E-state index in [1.807, 2.05) is 6.07 Å². The van der Waals surface area contributed by atoms with E-state index in [4.69, 9.17) is 11.6 Å². The van der Waals surface area contributed by atoms with Crippen molar-refractivity contribution in [2.45, 2.75) is 51.8 Å². The summed E-state index contributed by atoms with van der Waals surface area (Å²) in [5.41, 5.74) is 3.34. The lowest BCUT2D eigenvalue weighted by Gasteiger charge is -2.41. The first-order valence-corrected chi connectivity index (χ1v) is 8.83. The third-order valence-electron chi connectivity index (χ3n) is 4.72. The van der Waals surface area contributed by atoms with E-state index in [9.17, 15) is 5.11 Å². The second kappa shape index (κ2) is 6.82. The van der Waals surface area contributed by atoms with Gasteiger partial charge in [0.2, 0.25) is 0 Å². The van der Waals surface area contributed by atoms with Crippen LogP contribution in [0.3, 0.4) is 0 Å². The van der Waals surface area contributed by atoms with Gasteiger partial charge in [0, 0.05) is 36.4 Å². The lowest BCUT2D eigenvalue weighted by atomic mass is 9.97. The van der Waals surface area contributed by atoms with Crippen LogP contribution in [0.15, 0.2) is 18.3 Å². The Morgan fingerprint density at radius 3 is 2.62 bits per heavy atom. The number of halogens is 1. The first-order valence-electron chi connectivity index (χ1n) is 8.45. The van der Waals surface area contributed by atoms with E-state index in [1.54, 1.807) is 12.3 Å². The van der Waals surface area contributed by atoms with Gasteiger partial charge in [-0.2, -0.15) is 0 Å². The third-order valence-corrected chi connectivity index (χ3v) is 4.93. The standard InChI is InChI=1S/C18H25ClN4O/c1-18(2,3)23-8-6-13(7-9-23)21-16-12(11-24)10-20-14-4-5-15(19)22-17(14)16/h4-5,10,13,24H,6-9,11H2,1-3H3,(H,20,21). The van der Waals surface area contributed by atoms with Crippen LogP contribution in [0.2, 0.25) is 5.15 Å². The van der Waals surface area contributed by atoms with Gasteiger partial charge >= 0.3 is 0 Å². The lowest BCUT2D eigenvalue weighted by Crippen LogP contribution is -2.48. The predicted octanol–water partition coefficient (Wildman–Crippen LogP) is 3.45. The number of nitrogens with one attached hydrogen (secondary N) is 1. The van der Waals surface area contributed by atoms with Gasteiger partial charge in [0.1, 0.15) is 10.7 Å². The average molecular weight is 349 g/mol. The van der Waals surface area contributed by atoms with Crippen LogP contribution in [0, 0.1) is 0 Å². The van der Waals surface area contributed by atoms with E-state index in [1.165, 1.54) is 0 Å². The summed E-state index contributed by atoms with van der Waals surface area (Å²) < 4.78 is 0. The Hall–Kier alpha value is -1.43. The zero-order valence-electron chi connectivity index (χ0n) is 14.5. The van der Waals surface area contributed by atoms with E-state index >= 15 is 0 Å². The minimum absolute atomic E-state index is 0.0691. The van der Waals surface area contributed by atoms with Crippen LogP contribution in [0.5, 0.6) is 0 Å². The average Bonchev–Trinajstić information content (AvgIpc) is 2.55. The first-order chi connectivity index (χ1) is 11.4. The summed E-state index contributed by atoms with van der Waals surface area (Å²) in [7, 11) is 0. The number of anilines is 1. The molecular formula is C18H25ClN4O. The molecule has 1 aliphatic rings. The number of likely N-dealkylation sites (tertiary alicyclic amines) is 1. The summed E-state index contributed by atoms with van der Waals surface area (Å²) in [6, 6.07) is 3.96. The van der Waals surface area contributed by atoms with Crippen molar-refractivity contribution in [3.63, 3.8) is 0 Å². The SMILES string of the molecule is CC(C)(C)N1CCC(Nc2c(CO)cnc3ccc(Cl)nc23)CC1. The number of aromatic nitrogens is 2. The van der Waals surface area contributed by atoms with E-state index < -0.39 is 0 Å². The van der Waals surface area contributed by atoms with Gasteiger partial charge in [-0.1, -0.05) is 11.6 Å². The van der Waals surface area contributed by atoms with Crippen LogP contribution in [-0.2, 0) is 6.61 Å². The van der Waals surface area contributed by atoms with Crippen LogP contribution in [0.4, 0.5) is 5.69 Å². The molecule has 24 heavy (non-hydrogen) atoms. The number of aliphatic hydroxyl groups is 1. The summed E-state index contributed by atoms with van der Waals surface area (Å²) in [5.74, 6) is 0. The van der Waals surface area contributed by atoms with E-state index in [0.29, 0.717) is 11.2 Å². The van der Waals surface area contributed by atoms with Crippen molar-refractivity contribution >= 4 is 28.3 Å². The Kier molecular flexibility index (Phi) is 4.95. The Morgan fingerprint density at radius 2 is 2.00 bits per heavy atom. The van der Waals surface area contributed by atoms with Gasteiger partial charge in [0.15, 0.2) is 0 Å². The summed E-state index contributed by atoms with van der Waals surface area (Å²) in [4.78, 5) is 11.3. The number of hydrogen-bond acceptors (Lipinski definition) is 5. The van der Waals surface area contributed by atoms with Gasteiger partial charge in [0.25, 0.3) is 0 Å². The highest BCUT2D eigenvalue weighted by Gasteiger charge is 2.27. The van der Waals surface area contributed by atoms with Crippen molar-refractivity contribution < 1.29 is 5.11 Å². The molecule has 0 radical (unpaired) electrons. The highest BCUT2D eigenvalue weighted by molar-refractivity contribution is 6.29. The maximum absolute atomic E-state index is 9.68. The third kappa shape index (κ3) is 3.63. The smallest absolute Gasteiger partial charge is 0.130 e. The van der Waals surface area contributed by atoms with Gasteiger partial charge < -0.3 is 10.4 Å². The Balaban J connectivity index is 1.84. The number of fused-ring (bicyclic) bond motifs is 1. The molecule has 0 atom stereocenters. The van der Waals surface area contributed by atoms with Gasteiger partial charge in [0.05, 0.1) is 17.8 Å². The molecule has 2 N–H and O–H groups in total. The second-order valence-corrected chi connectivity index (χ2v) is 7.78. The van der Waals surface area contributed by atoms with Crippen LogP contribution in [0.1, 0.15) is 39.2 Å². The van der Waals surface area contributed by atoms with Crippen molar-refractivity contribution in [3.05, 3.63) is 29.0 Å². The van der Waals surface area contributed by atoms with E-state index in [2.05, 4.69) is 41.0 Å². The van der Waals surface area contributed by atoms with Crippen molar-refractivity contribution in [3.8, 4) is 0 Å². The van der Waals surface area contributed by atoms with Crippen molar-refractivity contribution in [1.82, 2.24) is 14.9 Å². The molecule has 0 unspecified atom stereocenters. The Morgan fingerprint density at radius 1 is 1.29 bits per heavy atom. The summed E-state index contributed by atoms with van der Waals surface area (Å²) in [5, 5.41) is 13.7. The molecule has 0 bridgehead atoms. The molecule has 5 nitrogen and oxygen atoms in total. The van der Waals surface area contributed by atoms with Crippen molar-refractivity contribution in [2.24, 2.45) is 0 Å². The topological polar surface area (TPSA) is 61.3 Å². The second-order valence-electron chi connectivity index (χ2n) is 7.39. The van der Waals surface area contributed by atoms with Crippen LogP contribution in [-0.4, -0.2) is 44.6 Å². The lowest BCUT2D eigenvalue weighted by molar-refractivity contribution is 0.106. The number of aliphatic hydroxyl groups excluding tert-OH is 1. The number of hydrogen-bond donors (Lipinski definition) is 2. The molecule has 1 saturated heterocycles. The molecule has 3 rings (SSSR count). The molecule has 130 valence electrons. The molecule has 2 aromatic rings. The molecule has 1 fully saturated rings. The minimum atomic E-state index is -0.0691. The molecule has 3 heterocycles. The van der Waals surface area contributed by atoms with Gasteiger partial charge in [-0.15, -0.1) is 0 Å². The van der Waals surface area contributed by atoms with E-state index in [0.717, 1.165) is 48.2 Å². The normalized spacial score (nSPS) is 17.4. The monoisotopic (exact) mass is 348 g/mol. The largest absolute Gasteiger partial charge is 0.392 e. The van der Waals surface area contributed by atoms with E-state index in [-0.39, 0.29) is 12.1 Å². The Labute approximate surface area is 148 Å². The maximum atomic E-state index is 9.68. The zero-order chi connectivity index (χ0) is 17.3. The molecule has 0 aliphatic carbocycles.